The van der Waals surface area contributed by atoms with E-state index in [0.717, 1.165) is 24.5 Å². The number of nitrogens with two attached hydrogens (primary N) is 1. The lowest BCUT2D eigenvalue weighted by molar-refractivity contribution is 0.291. The van der Waals surface area contributed by atoms with Gasteiger partial charge in [-0.05, 0) is 24.0 Å². The highest BCUT2D eigenvalue weighted by Gasteiger charge is 2.20. The van der Waals surface area contributed by atoms with Crippen molar-refractivity contribution < 1.29 is 4.74 Å². The van der Waals surface area contributed by atoms with Gasteiger partial charge in [0.15, 0.2) is 0 Å². The highest BCUT2D eigenvalue weighted by Crippen LogP contribution is 2.32. The standard InChI is InChI=1S/C11H16N2O/c12-8-10-3-5-13-11(7-10)14-6-4-9-1-2-9/h3,5,7,9H,1-2,4,6,8,12H2. The van der Waals surface area contributed by atoms with E-state index in [4.69, 9.17) is 10.5 Å². The lowest BCUT2D eigenvalue weighted by Gasteiger charge is -2.05. The van der Waals surface area contributed by atoms with Crippen LogP contribution >= 0.6 is 0 Å². The predicted octanol–water partition coefficient (Wildman–Crippen LogP) is 1.72. The van der Waals surface area contributed by atoms with Crippen molar-refractivity contribution >= 4 is 0 Å². The molecule has 3 nitrogen and oxygen atoms in total. The van der Waals surface area contributed by atoms with Gasteiger partial charge in [-0.3, -0.25) is 0 Å². The first kappa shape index (κ1) is 9.46. The molecule has 76 valence electrons. The van der Waals surface area contributed by atoms with Crippen LogP contribution in [0.25, 0.3) is 0 Å². The fourth-order valence-electron chi connectivity index (χ4n) is 1.39. The second kappa shape index (κ2) is 4.42. The van der Waals surface area contributed by atoms with Gasteiger partial charge in [0, 0.05) is 18.8 Å². The van der Waals surface area contributed by atoms with Gasteiger partial charge >= 0.3 is 0 Å². The molecule has 2 N–H and O–H groups in total. The zero-order valence-corrected chi connectivity index (χ0v) is 8.28. The molecule has 0 radical (unpaired) electrons. The van der Waals surface area contributed by atoms with Crippen LogP contribution in [0.1, 0.15) is 24.8 Å². The Kier molecular flexibility index (Phi) is 2.99. The van der Waals surface area contributed by atoms with E-state index in [9.17, 15) is 0 Å². The lowest BCUT2D eigenvalue weighted by atomic mass is 10.3. The molecule has 1 aliphatic rings. The van der Waals surface area contributed by atoms with Gasteiger partial charge in [-0.1, -0.05) is 12.8 Å². The third-order valence-corrected chi connectivity index (χ3v) is 2.51. The molecule has 0 unspecified atom stereocenters. The summed E-state index contributed by atoms with van der Waals surface area (Å²) in [5.74, 6) is 1.61. The van der Waals surface area contributed by atoms with Crippen LogP contribution in [0, 0.1) is 5.92 Å². The predicted molar refractivity (Wildman–Crippen MR) is 55.0 cm³/mol. The molecule has 0 aliphatic heterocycles. The molecule has 2 rings (SSSR count). The fourth-order valence-corrected chi connectivity index (χ4v) is 1.39. The molecular weight excluding hydrogens is 176 g/mol. The minimum Gasteiger partial charge on any atom is -0.478 e. The van der Waals surface area contributed by atoms with Gasteiger partial charge in [0.2, 0.25) is 5.88 Å². The molecule has 0 amide bonds. The third-order valence-electron chi connectivity index (χ3n) is 2.51. The summed E-state index contributed by atoms with van der Waals surface area (Å²) in [6.45, 7) is 1.33. The van der Waals surface area contributed by atoms with Crippen LogP contribution in [0.5, 0.6) is 5.88 Å². The van der Waals surface area contributed by atoms with E-state index < -0.39 is 0 Å². The van der Waals surface area contributed by atoms with E-state index in [1.807, 2.05) is 12.1 Å². The maximum Gasteiger partial charge on any atom is 0.213 e. The molecule has 0 bridgehead atoms. The summed E-state index contributed by atoms with van der Waals surface area (Å²) in [4.78, 5) is 4.13. The topological polar surface area (TPSA) is 48.1 Å². The van der Waals surface area contributed by atoms with Crippen LogP contribution in [0.15, 0.2) is 18.3 Å². The first-order valence-electron chi connectivity index (χ1n) is 5.16. The molecule has 1 fully saturated rings. The molecule has 1 heterocycles. The summed E-state index contributed by atoms with van der Waals surface area (Å²) in [6.07, 6.45) is 5.66. The Morgan fingerprint density at radius 1 is 1.50 bits per heavy atom. The van der Waals surface area contributed by atoms with Crippen LogP contribution in [0.2, 0.25) is 0 Å². The van der Waals surface area contributed by atoms with Crippen molar-refractivity contribution in [3.8, 4) is 5.88 Å². The SMILES string of the molecule is NCc1ccnc(OCCC2CC2)c1. The molecule has 14 heavy (non-hydrogen) atoms. The van der Waals surface area contributed by atoms with Crippen molar-refractivity contribution in [3.05, 3.63) is 23.9 Å². The van der Waals surface area contributed by atoms with Crippen LogP contribution in [0.3, 0.4) is 0 Å². The first-order chi connectivity index (χ1) is 6.88. The monoisotopic (exact) mass is 192 g/mol. The van der Waals surface area contributed by atoms with Gasteiger partial charge in [-0.2, -0.15) is 0 Å². The second-order valence-electron chi connectivity index (χ2n) is 3.79. The van der Waals surface area contributed by atoms with Gasteiger partial charge in [-0.25, -0.2) is 4.98 Å². The van der Waals surface area contributed by atoms with Gasteiger partial charge < -0.3 is 10.5 Å². The molecule has 0 saturated heterocycles. The van der Waals surface area contributed by atoms with Gasteiger partial charge in [-0.15, -0.1) is 0 Å². The van der Waals surface area contributed by atoms with E-state index in [-0.39, 0.29) is 0 Å². The minimum absolute atomic E-state index is 0.543. The van der Waals surface area contributed by atoms with Crippen molar-refractivity contribution in [3.63, 3.8) is 0 Å². The Morgan fingerprint density at radius 3 is 3.07 bits per heavy atom. The molecule has 3 heteroatoms. The van der Waals surface area contributed by atoms with Crippen molar-refractivity contribution in [1.29, 1.82) is 0 Å². The van der Waals surface area contributed by atoms with Crippen molar-refractivity contribution in [2.24, 2.45) is 11.7 Å². The molecule has 1 aliphatic carbocycles. The highest BCUT2D eigenvalue weighted by atomic mass is 16.5. The van der Waals surface area contributed by atoms with E-state index in [1.54, 1.807) is 6.20 Å². The number of hydrogen-bond donors (Lipinski definition) is 1. The summed E-state index contributed by atoms with van der Waals surface area (Å²) in [5, 5.41) is 0. The van der Waals surface area contributed by atoms with Crippen LogP contribution < -0.4 is 10.5 Å². The molecule has 1 aromatic heterocycles. The maximum atomic E-state index is 5.53. The third kappa shape index (κ3) is 2.70. The van der Waals surface area contributed by atoms with E-state index in [2.05, 4.69) is 4.98 Å². The molecule has 1 aromatic rings. The molecular formula is C11H16N2O. The number of nitrogens with zero attached hydrogens (tertiary/aromatic N) is 1. The Labute approximate surface area is 84.3 Å². The number of hydrogen-bond acceptors (Lipinski definition) is 3. The summed E-state index contributed by atoms with van der Waals surface area (Å²) in [6, 6.07) is 3.82. The first-order valence-corrected chi connectivity index (χ1v) is 5.16. The van der Waals surface area contributed by atoms with E-state index in [0.29, 0.717) is 12.4 Å². The molecule has 0 atom stereocenters. The fraction of sp³-hybridized carbons (Fsp3) is 0.545. The van der Waals surface area contributed by atoms with Crippen LogP contribution in [-0.4, -0.2) is 11.6 Å². The Hall–Kier alpha value is -1.09. The van der Waals surface area contributed by atoms with E-state index in [1.165, 1.54) is 12.8 Å². The molecule has 1 saturated carbocycles. The van der Waals surface area contributed by atoms with Crippen LogP contribution in [0.4, 0.5) is 0 Å². The number of ether oxygens (including phenoxy) is 1. The normalized spacial score (nSPS) is 15.5. The Bertz CT molecular complexity index is 297. The number of pyridine rings is 1. The summed E-state index contributed by atoms with van der Waals surface area (Å²) in [7, 11) is 0. The van der Waals surface area contributed by atoms with E-state index >= 15 is 0 Å². The van der Waals surface area contributed by atoms with Gasteiger partial charge in [0.05, 0.1) is 6.61 Å². The van der Waals surface area contributed by atoms with Gasteiger partial charge in [0.1, 0.15) is 0 Å². The minimum atomic E-state index is 0.543. The second-order valence-corrected chi connectivity index (χ2v) is 3.79. The maximum absolute atomic E-state index is 5.53. The summed E-state index contributed by atoms with van der Waals surface area (Å²) >= 11 is 0. The molecule has 0 aromatic carbocycles. The summed E-state index contributed by atoms with van der Waals surface area (Å²) in [5.41, 5.74) is 6.59. The average molecular weight is 192 g/mol. The van der Waals surface area contributed by atoms with Crippen LogP contribution in [-0.2, 0) is 6.54 Å². The smallest absolute Gasteiger partial charge is 0.213 e. The Morgan fingerprint density at radius 2 is 2.36 bits per heavy atom. The highest BCUT2D eigenvalue weighted by molar-refractivity contribution is 5.19. The van der Waals surface area contributed by atoms with Crippen molar-refractivity contribution in [1.82, 2.24) is 4.98 Å². The largest absolute Gasteiger partial charge is 0.478 e. The van der Waals surface area contributed by atoms with Gasteiger partial charge in [0.25, 0.3) is 0 Å². The van der Waals surface area contributed by atoms with Crippen molar-refractivity contribution in [2.45, 2.75) is 25.8 Å². The zero-order valence-electron chi connectivity index (χ0n) is 8.28. The Balaban J connectivity index is 1.81. The number of rotatable bonds is 5. The number of aromatic nitrogens is 1. The molecule has 0 spiro atoms. The zero-order chi connectivity index (χ0) is 9.80. The average Bonchev–Trinajstić information content (AvgIpc) is 3.02. The summed E-state index contributed by atoms with van der Waals surface area (Å²) < 4.78 is 5.53. The van der Waals surface area contributed by atoms with Crippen molar-refractivity contribution in [2.75, 3.05) is 6.61 Å². The quantitative estimate of drug-likeness (QED) is 0.772. The lowest BCUT2D eigenvalue weighted by Crippen LogP contribution is -2.02.